The molecule has 0 saturated carbocycles. The van der Waals surface area contributed by atoms with Gasteiger partial charge in [-0.25, -0.2) is 0 Å². The molecule has 2 unspecified atom stereocenters. The van der Waals surface area contributed by atoms with Crippen LogP contribution < -0.4 is 26.0 Å². The molecule has 45 heavy (non-hydrogen) atoms. The van der Waals surface area contributed by atoms with Crippen molar-refractivity contribution < 1.29 is 9.53 Å². The summed E-state index contributed by atoms with van der Waals surface area (Å²) in [6.45, 7) is 11.4. The average molecular weight is 647 g/mol. The molecule has 0 aliphatic carbocycles. The number of carbonyl (C=O) groups excluding carboxylic acids is 1. The lowest BCUT2D eigenvalue weighted by atomic mass is 9.86. The number of anilines is 4. The minimum atomic E-state index is -0.412. The number of benzene rings is 2. The van der Waals surface area contributed by atoms with Crippen molar-refractivity contribution in [2.75, 3.05) is 44.0 Å². The normalized spacial score (nSPS) is 18.0. The molecule has 2 aromatic heterocycles. The van der Waals surface area contributed by atoms with E-state index in [-0.39, 0.29) is 11.9 Å². The van der Waals surface area contributed by atoms with Gasteiger partial charge in [-0.1, -0.05) is 32.0 Å². The van der Waals surface area contributed by atoms with Gasteiger partial charge in [0.2, 0.25) is 17.8 Å². The Balaban J connectivity index is 1.22. The van der Waals surface area contributed by atoms with Gasteiger partial charge in [-0.2, -0.15) is 19.6 Å². The van der Waals surface area contributed by atoms with Crippen molar-refractivity contribution >= 4 is 58.6 Å². The van der Waals surface area contributed by atoms with Crippen LogP contribution >= 0.6 is 18.5 Å². The molecule has 2 atom stereocenters. The van der Waals surface area contributed by atoms with E-state index in [9.17, 15) is 4.79 Å². The smallest absolute Gasteiger partial charge is 0.239 e. The lowest BCUT2D eigenvalue weighted by molar-refractivity contribution is -0.134. The zero-order valence-corrected chi connectivity index (χ0v) is 28.4. The molecule has 4 heterocycles. The highest BCUT2D eigenvalue weighted by molar-refractivity contribution is 8.58. The van der Waals surface area contributed by atoms with Crippen LogP contribution in [0, 0.1) is 6.92 Å². The van der Waals surface area contributed by atoms with Crippen LogP contribution in [0.25, 0.3) is 5.65 Å². The maximum absolute atomic E-state index is 12.9. The minimum absolute atomic E-state index is 0.00324. The van der Waals surface area contributed by atoms with Crippen molar-refractivity contribution in [3.63, 3.8) is 0 Å². The van der Waals surface area contributed by atoms with Gasteiger partial charge in [-0.05, 0) is 88.2 Å². The van der Waals surface area contributed by atoms with E-state index in [2.05, 4.69) is 78.8 Å². The van der Waals surface area contributed by atoms with E-state index in [0.717, 1.165) is 62.4 Å². The third-order valence-corrected chi connectivity index (χ3v) is 13.2. The Labute approximate surface area is 270 Å². The number of aryl methyl sites for hydroxylation is 1. The Morgan fingerprint density at radius 1 is 1.09 bits per heavy atom. The molecule has 12 heteroatoms. The molecule has 0 spiro atoms. The van der Waals surface area contributed by atoms with Crippen LogP contribution in [0.15, 0.2) is 48.7 Å². The van der Waals surface area contributed by atoms with E-state index in [0.29, 0.717) is 28.7 Å². The molecule has 2 aromatic carbocycles. The molecule has 3 N–H and O–H groups in total. The number of aromatic nitrogens is 4. The van der Waals surface area contributed by atoms with E-state index in [1.807, 2.05) is 28.4 Å². The van der Waals surface area contributed by atoms with Gasteiger partial charge in [0.25, 0.3) is 0 Å². The van der Waals surface area contributed by atoms with Crippen molar-refractivity contribution in [1.82, 2.24) is 29.8 Å². The number of rotatable bonds is 10. The highest BCUT2D eigenvalue weighted by atomic mass is 32.7. The molecular weight excluding hydrogens is 603 g/mol. The zero-order chi connectivity index (χ0) is 31.5. The second kappa shape index (κ2) is 13.9. The number of hydrogen-bond acceptors (Lipinski definition) is 9. The van der Waals surface area contributed by atoms with Gasteiger partial charge in [-0.15, -0.1) is 11.4 Å². The second-order valence-corrected chi connectivity index (χ2v) is 17.0. The van der Waals surface area contributed by atoms with E-state index in [1.54, 1.807) is 17.8 Å². The Hall–Kier alpha value is -3.40. The van der Waals surface area contributed by atoms with Gasteiger partial charge in [0.05, 0.1) is 25.0 Å². The maximum atomic E-state index is 12.9. The number of likely N-dealkylation sites (tertiary alicyclic amines) is 1. The molecule has 6 rings (SSSR count). The first-order valence-corrected chi connectivity index (χ1v) is 19.0. The number of fused-ring (bicyclic) bond motifs is 1. The number of para-hydroxylation sites is 1. The van der Waals surface area contributed by atoms with Gasteiger partial charge in [-0.3, -0.25) is 4.79 Å². The number of nitrogens with zero attached hydrogens (tertiary/aromatic N) is 5. The highest BCUT2D eigenvalue weighted by Crippen LogP contribution is 2.49. The summed E-state index contributed by atoms with van der Waals surface area (Å²) in [5.74, 6) is 2.41. The van der Waals surface area contributed by atoms with Gasteiger partial charge < -0.3 is 25.6 Å². The van der Waals surface area contributed by atoms with Crippen LogP contribution in [-0.2, 0) is 4.79 Å². The summed E-state index contributed by atoms with van der Waals surface area (Å²) in [5, 5.41) is 16.6. The quantitative estimate of drug-likeness (QED) is 0.174. The maximum Gasteiger partial charge on any atom is 0.239 e. The number of ether oxygens (including phenoxy) is 1. The Morgan fingerprint density at radius 2 is 1.89 bits per heavy atom. The topological polar surface area (TPSA) is 109 Å². The third kappa shape index (κ3) is 7.05. The van der Waals surface area contributed by atoms with E-state index < -0.39 is 7.12 Å². The number of carbonyl (C=O) groups is 1. The molecule has 4 aromatic rings. The number of hydrogen-bond donors (Lipinski definition) is 3. The van der Waals surface area contributed by atoms with Crippen LogP contribution in [0.4, 0.5) is 23.3 Å². The Morgan fingerprint density at radius 3 is 2.62 bits per heavy atom. The lowest BCUT2D eigenvalue weighted by Crippen LogP contribution is -2.46. The summed E-state index contributed by atoms with van der Waals surface area (Å²) >= 11 is 1.99. The van der Waals surface area contributed by atoms with Gasteiger partial charge in [0, 0.05) is 35.4 Å². The van der Waals surface area contributed by atoms with Crippen LogP contribution in [0.5, 0.6) is 5.75 Å². The molecular formula is C33H43N8O2PS. The van der Waals surface area contributed by atoms with Crippen LogP contribution in [0.1, 0.15) is 56.6 Å². The molecule has 238 valence electrons. The van der Waals surface area contributed by atoms with Gasteiger partial charge >= 0.3 is 0 Å². The van der Waals surface area contributed by atoms with Gasteiger partial charge in [0.1, 0.15) is 5.75 Å². The fourth-order valence-corrected chi connectivity index (χ4v) is 10.6. The number of nitrogens with one attached hydrogen (secondary N) is 3. The standard InChI is InChI=1S/C33H43N8O2PS/c1-21(2)45-44(5)29-11-7-6-9-25(29)37-33-39-32(38-30-12-16-35-41(30)33)36-27-19-22(3)24(20-28(27)43-4)23-13-17-40(18-14-23)31(42)26-10-8-15-34-26/h6-7,9,11-12,16,19-21,23,26,34H,8,10,13-15,17-18H2,1-5H3,(H2,36,37,38,39). The zero-order valence-electron chi connectivity index (χ0n) is 26.7. The third-order valence-electron chi connectivity index (χ3n) is 8.55. The summed E-state index contributed by atoms with van der Waals surface area (Å²) in [5.41, 5.74) is 4.96. The first kappa shape index (κ1) is 31.6. The molecule has 2 saturated heterocycles. The molecule has 0 bridgehead atoms. The highest BCUT2D eigenvalue weighted by Gasteiger charge is 2.31. The van der Waals surface area contributed by atoms with E-state index in [1.165, 1.54) is 16.4 Å². The van der Waals surface area contributed by atoms with Crippen LogP contribution in [0.3, 0.4) is 0 Å². The molecule has 10 nitrogen and oxygen atoms in total. The number of amides is 1. The van der Waals surface area contributed by atoms with Crippen molar-refractivity contribution in [1.29, 1.82) is 0 Å². The summed E-state index contributed by atoms with van der Waals surface area (Å²) in [6.07, 6.45) is 5.65. The number of methoxy groups -OCH3 is 1. The van der Waals surface area contributed by atoms with Crippen LogP contribution in [-0.4, -0.2) is 75.1 Å². The minimum Gasteiger partial charge on any atom is -0.495 e. The fraction of sp³-hybridized carbons (Fsp3) is 0.455. The average Bonchev–Trinajstić information content (AvgIpc) is 3.74. The molecule has 2 aliphatic heterocycles. The molecule has 0 radical (unpaired) electrons. The van der Waals surface area contributed by atoms with Crippen LogP contribution in [0.2, 0.25) is 0 Å². The van der Waals surface area contributed by atoms with Gasteiger partial charge in [0.15, 0.2) is 5.65 Å². The summed E-state index contributed by atoms with van der Waals surface area (Å²) in [4.78, 5) is 24.6. The monoisotopic (exact) mass is 646 g/mol. The first-order valence-electron chi connectivity index (χ1n) is 15.8. The summed E-state index contributed by atoms with van der Waals surface area (Å²) in [7, 11) is 1.28. The lowest BCUT2D eigenvalue weighted by Gasteiger charge is -2.34. The van der Waals surface area contributed by atoms with Crippen molar-refractivity contribution in [2.24, 2.45) is 0 Å². The second-order valence-electron chi connectivity index (χ2n) is 12.0. The largest absolute Gasteiger partial charge is 0.495 e. The summed E-state index contributed by atoms with van der Waals surface area (Å²) in [6, 6.07) is 14.5. The van der Waals surface area contributed by atoms with Crippen molar-refractivity contribution in [3.05, 3.63) is 59.8 Å². The van der Waals surface area contributed by atoms with Crippen molar-refractivity contribution in [3.8, 4) is 5.75 Å². The molecule has 2 aliphatic rings. The molecule has 1 amide bonds. The predicted octanol–water partition coefficient (Wildman–Crippen LogP) is 6.18. The Bertz CT molecular complexity index is 1650. The Kier molecular flexibility index (Phi) is 9.78. The predicted molar refractivity (Wildman–Crippen MR) is 186 cm³/mol. The SMILES string of the molecule is COc1cc(C2CCN(C(=O)C3CCCN3)CC2)c(C)cc1Nc1nc(Nc2ccccc2P(C)SC(C)C)n2nccc2n1. The molecule has 2 fully saturated rings. The summed E-state index contributed by atoms with van der Waals surface area (Å²) < 4.78 is 7.60. The van der Waals surface area contributed by atoms with Crippen molar-refractivity contribution in [2.45, 2.75) is 63.7 Å². The fourth-order valence-electron chi connectivity index (χ4n) is 6.37. The van der Waals surface area contributed by atoms with E-state index in [4.69, 9.17) is 14.7 Å². The first-order chi connectivity index (χ1) is 21.8. The number of piperidine rings is 1. The van der Waals surface area contributed by atoms with E-state index >= 15 is 0 Å².